The van der Waals surface area contributed by atoms with Gasteiger partial charge in [0.2, 0.25) is 0 Å². The van der Waals surface area contributed by atoms with Gasteiger partial charge in [0.15, 0.2) is 24.0 Å². The van der Waals surface area contributed by atoms with Crippen LogP contribution in [0.15, 0.2) is 101 Å². The Labute approximate surface area is 249 Å². The minimum absolute atomic E-state index is 0.185. The fraction of sp³-hybridized carbons (Fsp3) is 0.0606. The maximum absolute atomic E-state index is 13.7. The average molecular weight is 591 g/mol. The maximum Gasteiger partial charge on any atom is 0.262 e. The second kappa shape index (κ2) is 11.7. The van der Waals surface area contributed by atoms with Gasteiger partial charge in [-0.3, -0.25) is 4.79 Å². The Hall–Kier alpha value is -5.97. The average Bonchev–Trinajstić information content (AvgIpc) is 3.66. The van der Waals surface area contributed by atoms with Crippen molar-refractivity contribution >= 4 is 39.7 Å². The van der Waals surface area contributed by atoms with Crippen LogP contribution in [0.25, 0.3) is 44.5 Å². The van der Waals surface area contributed by atoms with E-state index in [-0.39, 0.29) is 5.82 Å². The van der Waals surface area contributed by atoms with Crippen LogP contribution in [0.1, 0.15) is 21.5 Å². The number of nitrogen functional groups attached to an aromatic ring is 1. The molecule has 0 atom stereocenters. The van der Waals surface area contributed by atoms with Crippen LogP contribution in [0.4, 0.5) is 20.4 Å². The third-order valence-electron chi connectivity index (χ3n) is 6.96. The maximum atomic E-state index is 13.7. The number of halogens is 2. The number of hydrogen-bond acceptors (Lipinski definition) is 8. The zero-order valence-corrected chi connectivity index (χ0v) is 23.5. The van der Waals surface area contributed by atoms with Crippen molar-refractivity contribution in [1.82, 2.24) is 19.9 Å². The van der Waals surface area contributed by atoms with Crippen LogP contribution in [0.5, 0.6) is 0 Å². The highest BCUT2D eigenvalue weighted by Crippen LogP contribution is 2.29. The number of aryl methyl sites for hydroxylation is 2. The molecular formula is C33H24F2N6O3. The molecule has 4 aromatic heterocycles. The predicted molar refractivity (Wildman–Crippen MR) is 163 cm³/mol. The summed E-state index contributed by atoms with van der Waals surface area (Å²) in [6.45, 7) is 3.99. The molecule has 0 unspecified atom stereocenters. The zero-order valence-electron chi connectivity index (χ0n) is 23.5. The van der Waals surface area contributed by atoms with Crippen LogP contribution < -0.4 is 11.1 Å². The third-order valence-corrected chi connectivity index (χ3v) is 6.96. The summed E-state index contributed by atoms with van der Waals surface area (Å²) in [5, 5.41) is 2.40. The van der Waals surface area contributed by atoms with Gasteiger partial charge in [-0.1, -0.05) is 6.07 Å². The van der Waals surface area contributed by atoms with Crippen molar-refractivity contribution < 1.29 is 22.4 Å². The number of benzene rings is 3. The van der Waals surface area contributed by atoms with Crippen LogP contribution in [0, 0.1) is 25.5 Å². The Morgan fingerprint density at radius 1 is 0.727 bits per heavy atom. The Kier molecular flexibility index (Phi) is 7.51. The zero-order chi connectivity index (χ0) is 30.8. The van der Waals surface area contributed by atoms with Crippen molar-refractivity contribution in [3.05, 3.63) is 120 Å². The number of amides is 1. The molecule has 218 valence electrons. The van der Waals surface area contributed by atoms with E-state index in [2.05, 4.69) is 25.3 Å². The lowest BCUT2D eigenvalue weighted by atomic mass is 10.0. The number of fused-ring (bicyclic) bond motifs is 2. The minimum atomic E-state index is -0.930. The summed E-state index contributed by atoms with van der Waals surface area (Å²) in [5.41, 5.74) is 14.0. The van der Waals surface area contributed by atoms with Gasteiger partial charge in [-0.15, -0.1) is 0 Å². The quantitative estimate of drug-likeness (QED) is 0.215. The van der Waals surface area contributed by atoms with E-state index in [4.69, 9.17) is 14.6 Å². The van der Waals surface area contributed by atoms with E-state index in [1.807, 2.05) is 44.2 Å². The van der Waals surface area contributed by atoms with Gasteiger partial charge in [0.05, 0.1) is 0 Å². The number of hydrogen-bond donors (Lipinski definition) is 2. The molecule has 11 heteroatoms. The van der Waals surface area contributed by atoms with E-state index >= 15 is 0 Å². The van der Waals surface area contributed by atoms with Crippen molar-refractivity contribution in [2.45, 2.75) is 13.8 Å². The molecule has 0 saturated heterocycles. The van der Waals surface area contributed by atoms with Crippen LogP contribution >= 0.6 is 0 Å². The Bertz CT molecular complexity index is 2100. The third kappa shape index (κ3) is 5.71. The summed E-state index contributed by atoms with van der Waals surface area (Å²) in [7, 11) is 0. The number of pyridine rings is 2. The number of nitrogens with two attached hydrogens (primary N) is 1. The summed E-state index contributed by atoms with van der Waals surface area (Å²) < 4.78 is 38.0. The van der Waals surface area contributed by atoms with Crippen molar-refractivity contribution in [1.29, 1.82) is 0 Å². The summed E-state index contributed by atoms with van der Waals surface area (Å²) in [6, 6.07) is 18.1. The normalized spacial score (nSPS) is 10.9. The van der Waals surface area contributed by atoms with Gasteiger partial charge in [-0.25, -0.2) is 28.7 Å². The molecule has 0 bridgehead atoms. The van der Waals surface area contributed by atoms with Crippen molar-refractivity contribution in [2.75, 3.05) is 11.1 Å². The van der Waals surface area contributed by atoms with Gasteiger partial charge in [0, 0.05) is 23.5 Å². The lowest BCUT2D eigenvalue weighted by Crippen LogP contribution is -2.16. The molecular weight excluding hydrogens is 566 g/mol. The molecule has 0 spiro atoms. The Balaban J connectivity index is 0.000000173. The molecule has 0 aliphatic heterocycles. The lowest BCUT2D eigenvalue weighted by Gasteiger charge is -2.09. The molecule has 0 fully saturated rings. The molecule has 0 aliphatic carbocycles. The lowest BCUT2D eigenvalue weighted by molar-refractivity contribution is 0.101. The molecule has 4 heterocycles. The minimum Gasteiger partial charge on any atom is -0.443 e. The standard InChI is InChI=1S/C20H13F2N3O2.C13H11N3O/c1-11-7-16-17(27-10-24-16)8-13(11)12-5-6-18(23-9-12)25-20(26)19-14(21)3-2-4-15(19)22;1-8-4-11-12(17-7-16-11)5-10(8)9-2-3-13(14)15-6-9/h2-10H,1H3,(H,23,25,26);2-7H,1H3,(H2,14,15). The highest BCUT2D eigenvalue weighted by molar-refractivity contribution is 6.04. The van der Waals surface area contributed by atoms with Gasteiger partial charge < -0.3 is 19.9 Å². The van der Waals surface area contributed by atoms with Crippen LogP contribution in [0.2, 0.25) is 0 Å². The predicted octanol–water partition coefficient (Wildman–Crippen LogP) is 7.51. The Morgan fingerprint density at radius 3 is 1.77 bits per heavy atom. The fourth-order valence-electron chi connectivity index (χ4n) is 4.72. The molecule has 3 aromatic carbocycles. The van der Waals surface area contributed by atoms with Gasteiger partial charge in [0.25, 0.3) is 5.91 Å². The first-order valence-corrected chi connectivity index (χ1v) is 13.4. The molecule has 44 heavy (non-hydrogen) atoms. The van der Waals surface area contributed by atoms with Gasteiger partial charge in [0.1, 0.15) is 39.9 Å². The molecule has 7 aromatic rings. The van der Waals surface area contributed by atoms with E-state index in [1.165, 1.54) is 18.9 Å². The number of carbonyl (C=O) groups excluding carboxylic acids is 1. The summed E-state index contributed by atoms with van der Waals surface area (Å²) >= 11 is 0. The van der Waals surface area contributed by atoms with Crippen molar-refractivity contribution in [3.63, 3.8) is 0 Å². The second-order valence-electron chi connectivity index (χ2n) is 9.93. The molecule has 1 amide bonds. The monoisotopic (exact) mass is 590 g/mol. The number of aromatic nitrogens is 4. The molecule has 7 rings (SSSR count). The number of nitrogens with zero attached hydrogens (tertiary/aromatic N) is 4. The first kappa shape index (κ1) is 28.2. The van der Waals surface area contributed by atoms with E-state index in [9.17, 15) is 13.6 Å². The van der Waals surface area contributed by atoms with Crippen molar-refractivity contribution in [2.24, 2.45) is 0 Å². The number of nitrogens with one attached hydrogen (secondary N) is 1. The highest BCUT2D eigenvalue weighted by atomic mass is 19.1. The molecule has 9 nitrogen and oxygen atoms in total. The van der Waals surface area contributed by atoms with Crippen LogP contribution in [0.3, 0.4) is 0 Å². The van der Waals surface area contributed by atoms with Crippen molar-refractivity contribution in [3.8, 4) is 22.3 Å². The van der Waals surface area contributed by atoms with Gasteiger partial charge in [-0.2, -0.15) is 0 Å². The summed E-state index contributed by atoms with van der Waals surface area (Å²) in [4.78, 5) is 28.6. The number of anilines is 2. The largest absolute Gasteiger partial charge is 0.443 e. The first-order valence-electron chi connectivity index (χ1n) is 13.4. The topological polar surface area (TPSA) is 133 Å². The van der Waals surface area contributed by atoms with Crippen LogP contribution in [-0.4, -0.2) is 25.8 Å². The Morgan fingerprint density at radius 2 is 1.27 bits per heavy atom. The SMILES string of the molecule is Cc1cc2ncoc2cc1-c1ccc(N)nc1.Cc1cc2ncoc2cc1-c1ccc(NC(=O)c2c(F)cccc2F)nc1. The van der Waals surface area contributed by atoms with Gasteiger partial charge in [-0.05, 0) is 96.8 Å². The first-order chi connectivity index (χ1) is 21.3. The number of oxazole rings is 2. The van der Waals surface area contributed by atoms with E-state index in [0.717, 1.165) is 62.1 Å². The number of carbonyl (C=O) groups is 1. The summed E-state index contributed by atoms with van der Waals surface area (Å²) in [5.74, 6) is -2.05. The fourth-order valence-corrected chi connectivity index (χ4v) is 4.72. The van der Waals surface area contributed by atoms with E-state index in [0.29, 0.717) is 11.4 Å². The molecule has 0 radical (unpaired) electrons. The highest BCUT2D eigenvalue weighted by Gasteiger charge is 2.17. The van der Waals surface area contributed by atoms with Gasteiger partial charge >= 0.3 is 0 Å². The molecule has 0 saturated carbocycles. The van der Waals surface area contributed by atoms with Crippen LogP contribution in [-0.2, 0) is 0 Å². The van der Waals surface area contributed by atoms with E-state index in [1.54, 1.807) is 30.6 Å². The number of rotatable bonds is 4. The summed E-state index contributed by atoms with van der Waals surface area (Å²) in [6.07, 6.45) is 6.17. The molecule has 3 N–H and O–H groups in total. The molecule has 0 aliphatic rings. The van der Waals surface area contributed by atoms with E-state index < -0.39 is 23.1 Å². The second-order valence-corrected chi connectivity index (χ2v) is 9.93. The smallest absolute Gasteiger partial charge is 0.262 e.